The van der Waals surface area contributed by atoms with E-state index in [0.29, 0.717) is 51.3 Å². The lowest BCUT2D eigenvalue weighted by Crippen LogP contribution is -2.41. The van der Waals surface area contributed by atoms with E-state index in [9.17, 15) is 9.59 Å². The quantitative estimate of drug-likeness (QED) is 0.685. The molecule has 2 rings (SSSR count). The molecule has 0 atom stereocenters. The topological polar surface area (TPSA) is 81.9 Å². The standard InChI is InChI=1S/C20H30N2O4/c1-3-5-12-25-14-17-13-16(6-7-18(17)26-4-2)20(24)22-10-8-15(9-11-22)19(21)23/h6-7,13,15H,3-5,8-12,14H2,1-2H3,(H2,21,23). The SMILES string of the molecule is CCCCOCc1cc(C(=O)N2CCC(C(N)=O)CC2)ccc1OCC. The molecule has 1 aliphatic heterocycles. The highest BCUT2D eigenvalue weighted by atomic mass is 16.5. The van der Waals surface area contributed by atoms with Crippen molar-refractivity contribution in [2.45, 2.75) is 46.1 Å². The average Bonchev–Trinajstić information content (AvgIpc) is 2.66. The number of carbonyl (C=O) groups excluding carboxylic acids is 2. The van der Waals surface area contributed by atoms with E-state index >= 15 is 0 Å². The molecule has 26 heavy (non-hydrogen) atoms. The van der Waals surface area contributed by atoms with E-state index in [1.807, 2.05) is 19.1 Å². The smallest absolute Gasteiger partial charge is 0.253 e. The van der Waals surface area contributed by atoms with Crippen LogP contribution in [0.3, 0.4) is 0 Å². The van der Waals surface area contributed by atoms with Gasteiger partial charge in [0.1, 0.15) is 5.75 Å². The summed E-state index contributed by atoms with van der Waals surface area (Å²) in [5, 5.41) is 0. The van der Waals surface area contributed by atoms with Crippen LogP contribution in [0.25, 0.3) is 0 Å². The summed E-state index contributed by atoms with van der Waals surface area (Å²) < 4.78 is 11.4. The third kappa shape index (κ3) is 5.46. The predicted octanol–water partition coefficient (Wildman–Crippen LogP) is 2.74. The average molecular weight is 362 g/mol. The van der Waals surface area contributed by atoms with Crippen molar-refractivity contribution in [2.24, 2.45) is 11.7 Å². The zero-order valence-corrected chi connectivity index (χ0v) is 15.8. The summed E-state index contributed by atoms with van der Waals surface area (Å²) in [4.78, 5) is 25.9. The Bertz CT molecular complexity index is 610. The Balaban J connectivity index is 2.05. The van der Waals surface area contributed by atoms with Gasteiger partial charge in [0.15, 0.2) is 0 Å². The van der Waals surface area contributed by atoms with Crippen LogP contribution in [0, 0.1) is 5.92 Å². The first-order valence-corrected chi connectivity index (χ1v) is 9.48. The number of nitrogens with two attached hydrogens (primary N) is 1. The largest absolute Gasteiger partial charge is 0.494 e. The molecule has 6 nitrogen and oxygen atoms in total. The van der Waals surface area contributed by atoms with Crippen molar-refractivity contribution >= 4 is 11.8 Å². The van der Waals surface area contributed by atoms with Gasteiger partial charge in [-0.05, 0) is 44.4 Å². The van der Waals surface area contributed by atoms with Gasteiger partial charge in [-0.25, -0.2) is 0 Å². The molecule has 1 heterocycles. The zero-order valence-electron chi connectivity index (χ0n) is 15.8. The number of likely N-dealkylation sites (tertiary alicyclic amines) is 1. The first-order valence-electron chi connectivity index (χ1n) is 9.48. The molecule has 0 aromatic heterocycles. The van der Waals surface area contributed by atoms with Crippen LogP contribution in [-0.4, -0.2) is 43.0 Å². The van der Waals surface area contributed by atoms with Crippen LogP contribution >= 0.6 is 0 Å². The fourth-order valence-corrected chi connectivity index (χ4v) is 3.10. The minimum absolute atomic E-state index is 0.0224. The third-order valence-electron chi connectivity index (χ3n) is 4.69. The molecule has 0 spiro atoms. The zero-order chi connectivity index (χ0) is 18.9. The van der Waals surface area contributed by atoms with Crippen molar-refractivity contribution in [3.63, 3.8) is 0 Å². The molecule has 1 aliphatic rings. The number of unbranched alkanes of at least 4 members (excludes halogenated alkanes) is 1. The van der Waals surface area contributed by atoms with Crippen LogP contribution in [0.2, 0.25) is 0 Å². The maximum atomic E-state index is 12.8. The number of hydrogen-bond donors (Lipinski definition) is 1. The van der Waals surface area contributed by atoms with Gasteiger partial charge in [-0.3, -0.25) is 9.59 Å². The van der Waals surface area contributed by atoms with Gasteiger partial charge in [0.05, 0.1) is 13.2 Å². The van der Waals surface area contributed by atoms with E-state index < -0.39 is 0 Å². The number of piperidine rings is 1. The molecular formula is C20H30N2O4. The van der Waals surface area contributed by atoms with Crippen LogP contribution in [0.15, 0.2) is 18.2 Å². The van der Waals surface area contributed by atoms with Crippen LogP contribution in [0.5, 0.6) is 5.75 Å². The van der Waals surface area contributed by atoms with Crippen molar-refractivity contribution < 1.29 is 19.1 Å². The Labute approximate surface area is 155 Å². The normalized spacial score (nSPS) is 15.1. The minimum atomic E-state index is -0.273. The lowest BCUT2D eigenvalue weighted by Gasteiger charge is -2.30. The minimum Gasteiger partial charge on any atom is -0.494 e. The molecule has 0 unspecified atom stereocenters. The number of nitrogens with zero attached hydrogens (tertiary/aromatic N) is 1. The van der Waals surface area contributed by atoms with Crippen LogP contribution in [-0.2, 0) is 16.1 Å². The van der Waals surface area contributed by atoms with Gasteiger partial charge >= 0.3 is 0 Å². The predicted molar refractivity (Wildman–Crippen MR) is 100.0 cm³/mol. The van der Waals surface area contributed by atoms with Gasteiger partial charge in [-0.15, -0.1) is 0 Å². The Morgan fingerprint density at radius 1 is 1.23 bits per heavy atom. The number of hydrogen-bond acceptors (Lipinski definition) is 4. The maximum Gasteiger partial charge on any atom is 0.253 e. The second-order valence-electron chi connectivity index (χ2n) is 6.63. The molecule has 0 radical (unpaired) electrons. The second-order valence-corrected chi connectivity index (χ2v) is 6.63. The van der Waals surface area contributed by atoms with E-state index in [-0.39, 0.29) is 17.7 Å². The van der Waals surface area contributed by atoms with E-state index in [4.69, 9.17) is 15.2 Å². The van der Waals surface area contributed by atoms with Crippen molar-refractivity contribution in [3.8, 4) is 5.75 Å². The Morgan fingerprint density at radius 3 is 2.58 bits per heavy atom. The number of benzene rings is 1. The third-order valence-corrected chi connectivity index (χ3v) is 4.69. The fraction of sp³-hybridized carbons (Fsp3) is 0.600. The van der Waals surface area contributed by atoms with Crippen molar-refractivity contribution in [1.29, 1.82) is 0 Å². The molecule has 0 aliphatic carbocycles. The summed E-state index contributed by atoms with van der Waals surface area (Å²) in [6, 6.07) is 5.49. The number of amides is 2. The highest BCUT2D eigenvalue weighted by Gasteiger charge is 2.26. The Kier molecular flexibility index (Phi) is 7.91. The summed E-state index contributed by atoms with van der Waals surface area (Å²) in [7, 11) is 0. The van der Waals surface area contributed by atoms with Crippen molar-refractivity contribution in [3.05, 3.63) is 29.3 Å². The lowest BCUT2D eigenvalue weighted by molar-refractivity contribution is -0.123. The van der Waals surface area contributed by atoms with Gasteiger partial charge in [0.2, 0.25) is 5.91 Å². The van der Waals surface area contributed by atoms with Gasteiger partial charge in [-0.2, -0.15) is 0 Å². The highest BCUT2D eigenvalue weighted by molar-refractivity contribution is 5.94. The summed E-state index contributed by atoms with van der Waals surface area (Å²) in [5.41, 5.74) is 6.88. The molecule has 1 saturated heterocycles. The lowest BCUT2D eigenvalue weighted by atomic mass is 9.95. The monoisotopic (exact) mass is 362 g/mol. The summed E-state index contributed by atoms with van der Waals surface area (Å²) in [5.74, 6) is 0.338. The van der Waals surface area contributed by atoms with Crippen molar-refractivity contribution in [2.75, 3.05) is 26.3 Å². The molecule has 1 aromatic carbocycles. The number of carbonyl (C=O) groups is 2. The highest BCUT2D eigenvalue weighted by Crippen LogP contribution is 2.24. The summed E-state index contributed by atoms with van der Waals surface area (Å²) >= 11 is 0. The first kappa shape index (κ1) is 20.2. The molecule has 2 amide bonds. The first-order chi connectivity index (χ1) is 12.6. The molecule has 0 bridgehead atoms. The van der Waals surface area contributed by atoms with Crippen LogP contribution < -0.4 is 10.5 Å². The number of ether oxygens (including phenoxy) is 2. The Hall–Kier alpha value is -2.08. The van der Waals surface area contributed by atoms with Gasteiger partial charge in [0, 0.05) is 36.7 Å². The molecule has 2 N–H and O–H groups in total. The van der Waals surface area contributed by atoms with E-state index in [0.717, 1.165) is 24.2 Å². The van der Waals surface area contributed by atoms with Crippen molar-refractivity contribution in [1.82, 2.24) is 4.90 Å². The van der Waals surface area contributed by atoms with Crippen LogP contribution in [0.4, 0.5) is 0 Å². The van der Waals surface area contributed by atoms with Gasteiger partial charge < -0.3 is 20.1 Å². The maximum absolute atomic E-state index is 12.8. The fourth-order valence-electron chi connectivity index (χ4n) is 3.10. The second kappa shape index (κ2) is 10.2. The molecular weight excluding hydrogens is 332 g/mol. The van der Waals surface area contributed by atoms with Gasteiger partial charge in [-0.1, -0.05) is 13.3 Å². The number of rotatable bonds is 9. The molecule has 144 valence electrons. The summed E-state index contributed by atoms with van der Waals surface area (Å²) in [6.45, 7) is 6.86. The van der Waals surface area contributed by atoms with E-state index in [1.165, 1.54) is 0 Å². The number of primary amides is 1. The molecule has 0 saturated carbocycles. The molecule has 1 fully saturated rings. The van der Waals surface area contributed by atoms with Crippen LogP contribution in [0.1, 0.15) is 55.5 Å². The molecule has 1 aromatic rings. The van der Waals surface area contributed by atoms with E-state index in [1.54, 1.807) is 11.0 Å². The summed E-state index contributed by atoms with van der Waals surface area (Å²) in [6.07, 6.45) is 3.35. The Morgan fingerprint density at radius 2 is 1.96 bits per heavy atom. The van der Waals surface area contributed by atoms with Gasteiger partial charge in [0.25, 0.3) is 5.91 Å². The van der Waals surface area contributed by atoms with E-state index in [2.05, 4.69) is 6.92 Å². The molecule has 6 heteroatoms.